The number of carboxylic acids is 1. The van der Waals surface area contributed by atoms with E-state index in [1.807, 2.05) is 5.32 Å². The quantitative estimate of drug-likeness (QED) is 0.644. The third-order valence-electron chi connectivity index (χ3n) is 1.02. The van der Waals surface area contributed by atoms with Gasteiger partial charge in [-0.05, 0) is 6.92 Å². The van der Waals surface area contributed by atoms with E-state index in [0.717, 1.165) is 0 Å². The fourth-order valence-corrected chi connectivity index (χ4v) is 0.411. The lowest BCUT2D eigenvalue weighted by Gasteiger charge is -2.08. The summed E-state index contributed by atoms with van der Waals surface area (Å²) in [7, 11) is 0. The smallest absolute Gasteiger partial charge is 0.407 e. The number of nitrogens with one attached hydrogen (secondary N) is 1. The molecule has 0 spiro atoms. The summed E-state index contributed by atoms with van der Waals surface area (Å²) >= 11 is 0. The van der Waals surface area contributed by atoms with Gasteiger partial charge in [0.15, 0.2) is 0 Å². The molecule has 0 unspecified atom stereocenters. The summed E-state index contributed by atoms with van der Waals surface area (Å²) < 4.78 is 15.7. The van der Waals surface area contributed by atoms with E-state index in [0.29, 0.717) is 0 Å². The summed E-state index contributed by atoms with van der Waals surface area (Å²) in [5, 5.41) is 10.3. The predicted molar refractivity (Wildman–Crippen MR) is 37.6 cm³/mol. The lowest BCUT2D eigenvalue weighted by molar-refractivity contribution is -0.138. The molecule has 1 atom stereocenters. The minimum atomic E-state index is -1.17. The molecule has 12 heavy (non-hydrogen) atoms. The molecule has 1 amide bonds. The Morgan fingerprint density at radius 3 is 2.67 bits per heavy atom. The Morgan fingerprint density at radius 2 is 2.25 bits per heavy atom. The van der Waals surface area contributed by atoms with Crippen LogP contribution in [0, 0.1) is 0 Å². The highest BCUT2D eigenvalue weighted by atomic mass is 19.1. The van der Waals surface area contributed by atoms with E-state index in [2.05, 4.69) is 4.74 Å². The number of hydrogen-bond donors (Lipinski definition) is 2. The Morgan fingerprint density at radius 1 is 1.67 bits per heavy atom. The Balaban J connectivity index is 3.61. The zero-order valence-corrected chi connectivity index (χ0v) is 6.54. The van der Waals surface area contributed by atoms with Crippen molar-refractivity contribution in [3.63, 3.8) is 0 Å². The van der Waals surface area contributed by atoms with Gasteiger partial charge in [0, 0.05) is 0 Å². The minimum absolute atomic E-state index is 0.363. The molecule has 0 saturated carbocycles. The second-order valence-electron chi connectivity index (χ2n) is 2.03. The van der Waals surface area contributed by atoms with Crippen LogP contribution in [0.3, 0.4) is 0 Å². The number of carboxylic acid groups (broad SMARTS) is 1. The first kappa shape index (κ1) is 10.7. The van der Waals surface area contributed by atoms with Crippen molar-refractivity contribution in [2.75, 3.05) is 13.3 Å². The molecule has 0 aromatic rings. The molecule has 0 saturated heterocycles. The molecular weight excluding hydrogens is 169 g/mol. The summed E-state index contributed by atoms with van der Waals surface area (Å²) in [6, 6.07) is -1.03. The van der Waals surface area contributed by atoms with E-state index >= 15 is 0 Å². The summed E-state index contributed by atoms with van der Waals surface area (Å²) in [4.78, 5) is 20.7. The van der Waals surface area contributed by atoms with E-state index in [1.165, 1.54) is 6.92 Å². The lowest BCUT2D eigenvalue weighted by Crippen LogP contribution is -2.38. The van der Waals surface area contributed by atoms with Crippen LogP contribution in [0.4, 0.5) is 9.18 Å². The zero-order valence-electron chi connectivity index (χ0n) is 6.54. The molecule has 0 aromatic carbocycles. The maximum Gasteiger partial charge on any atom is 0.407 e. The van der Waals surface area contributed by atoms with Crippen molar-refractivity contribution >= 4 is 12.1 Å². The van der Waals surface area contributed by atoms with Gasteiger partial charge in [-0.3, -0.25) is 4.79 Å². The standard InChI is InChI=1S/C6H10FNO4/c1-4(5(9)10)8-6(11)12-3-2-7/h4H,2-3H2,1H3,(H,8,11)(H,9,10)/t4-/m0/s1. The first-order valence-electron chi connectivity index (χ1n) is 3.30. The number of hydrogen-bond acceptors (Lipinski definition) is 3. The largest absolute Gasteiger partial charge is 0.480 e. The molecule has 2 N–H and O–H groups in total. The number of carbonyl (C=O) groups is 2. The van der Waals surface area contributed by atoms with Gasteiger partial charge in [0.05, 0.1) is 0 Å². The first-order chi connectivity index (χ1) is 5.57. The van der Waals surface area contributed by atoms with Gasteiger partial charge in [0.1, 0.15) is 19.3 Å². The second-order valence-corrected chi connectivity index (χ2v) is 2.03. The number of aliphatic carboxylic acids is 1. The third kappa shape index (κ3) is 4.48. The van der Waals surface area contributed by atoms with Gasteiger partial charge in [-0.15, -0.1) is 0 Å². The number of rotatable bonds is 4. The van der Waals surface area contributed by atoms with Crippen LogP contribution in [0.15, 0.2) is 0 Å². The number of ether oxygens (including phenoxy) is 1. The van der Waals surface area contributed by atoms with Gasteiger partial charge in [0.2, 0.25) is 0 Å². The molecule has 5 nitrogen and oxygen atoms in total. The maximum absolute atomic E-state index is 11.4. The summed E-state index contributed by atoms with van der Waals surface area (Å²) in [5.74, 6) is -1.17. The number of amides is 1. The normalized spacial score (nSPS) is 11.8. The van der Waals surface area contributed by atoms with E-state index in [9.17, 15) is 14.0 Å². The molecule has 0 heterocycles. The summed E-state index contributed by atoms with van der Waals surface area (Å²) in [6.07, 6.45) is -0.928. The maximum atomic E-state index is 11.4. The van der Waals surface area contributed by atoms with E-state index in [4.69, 9.17) is 5.11 Å². The number of alkyl carbamates (subject to hydrolysis) is 1. The van der Waals surface area contributed by atoms with Crippen molar-refractivity contribution in [2.24, 2.45) is 0 Å². The van der Waals surface area contributed by atoms with Crippen LogP contribution in [-0.2, 0) is 9.53 Å². The van der Waals surface area contributed by atoms with Crippen molar-refractivity contribution in [3.05, 3.63) is 0 Å². The van der Waals surface area contributed by atoms with Crippen LogP contribution in [0.2, 0.25) is 0 Å². The SMILES string of the molecule is C[C@H](NC(=O)OCCF)C(=O)O. The zero-order chi connectivity index (χ0) is 9.56. The Kier molecular flexibility index (Phi) is 4.75. The average molecular weight is 179 g/mol. The third-order valence-corrected chi connectivity index (χ3v) is 1.02. The predicted octanol–water partition coefficient (Wildman–Crippen LogP) is 0.155. The van der Waals surface area contributed by atoms with Gasteiger partial charge in [0.25, 0.3) is 0 Å². The van der Waals surface area contributed by atoms with E-state index < -0.39 is 24.8 Å². The Bertz CT molecular complexity index is 173. The lowest BCUT2D eigenvalue weighted by atomic mass is 10.4. The molecule has 0 fully saturated rings. The van der Waals surface area contributed by atoms with Crippen molar-refractivity contribution in [1.82, 2.24) is 5.32 Å². The summed E-state index contributed by atoms with van der Waals surface area (Å²) in [5.41, 5.74) is 0. The van der Waals surface area contributed by atoms with Crippen LogP contribution in [-0.4, -0.2) is 36.5 Å². The highest BCUT2D eigenvalue weighted by molar-refractivity contribution is 5.79. The van der Waals surface area contributed by atoms with Gasteiger partial charge in [-0.2, -0.15) is 0 Å². The topological polar surface area (TPSA) is 75.6 Å². The molecule has 0 aliphatic heterocycles. The fourth-order valence-electron chi connectivity index (χ4n) is 0.411. The van der Waals surface area contributed by atoms with Crippen LogP contribution in [0.1, 0.15) is 6.92 Å². The minimum Gasteiger partial charge on any atom is -0.480 e. The van der Waals surface area contributed by atoms with Gasteiger partial charge >= 0.3 is 12.1 Å². The molecule has 6 heteroatoms. The van der Waals surface area contributed by atoms with Crippen molar-refractivity contribution in [2.45, 2.75) is 13.0 Å². The molecule has 0 bridgehead atoms. The van der Waals surface area contributed by atoms with Crippen molar-refractivity contribution in [1.29, 1.82) is 0 Å². The molecule has 0 radical (unpaired) electrons. The average Bonchev–Trinajstić information content (AvgIpc) is 2.00. The van der Waals surface area contributed by atoms with Crippen molar-refractivity contribution < 1.29 is 23.8 Å². The van der Waals surface area contributed by atoms with Gasteiger partial charge in [-0.25, -0.2) is 9.18 Å². The Hall–Kier alpha value is -1.33. The molecular formula is C6H10FNO4. The van der Waals surface area contributed by atoms with E-state index in [1.54, 1.807) is 0 Å². The molecule has 0 rings (SSSR count). The monoisotopic (exact) mass is 179 g/mol. The second kappa shape index (κ2) is 5.34. The van der Waals surface area contributed by atoms with E-state index in [-0.39, 0.29) is 6.61 Å². The van der Waals surface area contributed by atoms with Gasteiger partial charge in [-0.1, -0.05) is 0 Å². The molecule has 0 aliphatic carbocycles. The Labute approximate surface area is 68.5 Å². The summed E-state index contributed by atoms with van der Waals surface area (Å²) in [6.45, 7) is 0.131. The van der Waals surface area contributed by atoms with Crippen LogP contribution >= 0.6 is 0 Å². The number of alkyl halides is 1. The first-order valence-corrected chi connectivity index (χ1v) is 3.30. The molecule has 0 aliphatic rings. The van der Waals surface area contributed by atoms with Crippen LogP contribution < -0.4 is 5.32 Å². The van der Waals surface area contributed by atoms with Crippen LogP contribution in [0.5, 0.6) is 0 Å². The molecule has 0 aromatic heterocycles. The number of halogens is 1. The number of carbonyl (C=O) groups excluding carboxylic acids is 1. The van der Waals surface area contributed by atoms with Crippen LogP contribution in [0.25, 0.3) is 0 Å². The fraction of sp³-hybridized carbons (Fsp3) is 0.667. The molecule has 70 valence electrons. The highest BCUT2D eigenvalue weighted by Gasteiger charge is 2.13. The van der Waals surface area contributed by atoms with Gasteiger partial charge < -0.3 is 15.2 Å². The highest BCUT2D eigenvalue weighted by Crippen LogP contribution is 1.84. The van der Waals surface area contributed by atoms with Crippen molar-refractivity contribution in [3.8, 4) is 0 Å².